The Morgan fingerprint density at radius 3 is 2.50 bits per heavy atom. The van der Waals surface area contributed by atoms with Crippen molar-refractivity contribution in [3.8, 4) is 0 Å². The summed E-state index contributed by atoms with van der Waals surface area (Å²) < 4.78 is 26.5. The molecule has 0 saturated heterocycles. The molecular formula is C15H13F2NO2. The summed E-state index contributed by atoms with van der Waals surface area (Å²) in [4.78, 5) is 10.8. The molecular weight excluding hydrogens is 264 g/mol. The Morgan fingerprint density at radius 2 is 1.80 bits per heavy atom. The highest BCUT2D eigenvalue weighted by molar-refractivity contribution is 5.70. The normalized spacial score (nSPS) is 10.3. The minimum Gasteiger partial charge on any atom is -0.481 e. The van der Waals surface area contributed by atoms with Crippen molar-refractivity contribution < 1.29 is 18.7 Å². The van der Waals surface area contributed by atoms with Gasteiger partial charge in [-0.15, -0.1) is 0 Å². The lowest BCUT2D eigenvalue weighted by Crippen LogP contribution is -2.08. The van der Waals surface area contributed by atoms with Crippen molar-refractivity contribution in [3.63, 3.8) is 0 Å². The van der Waals surface area contributed by atoms with Gasteiger partial charge in [0.25, 0.3) is 0 Å². The molecule has 20 heavy (non-hydrogen) atoms. The van der Waals surface area contributed by atoms with Gasteiger partial charge in [0.15, 0.2) is 0 Å². The molecule has 0 saturated carbocycles. The molecule has 2 aromatic carbocycles. The molecule has 2 aromatic rings. The van der Waals surface area contributed by atoms with Gasteiger partial charge < -0.3 is 10.4 Å². The standard InChI is InChI=1S/C15H13F2NO2/c16-12-5-6-13(17)14(8-12)18-9-11-4-2-1-3-10(11)7-15(19)20/h1-6,8,18H,7,9H2,(H,19,20). The van der Waals surface area contributed by atoms with Crippen LogP contribution < -0.4 is 5.32 Å². The van der Waals surface area contributed by atoms with Crippen LogP contribution in [0, 0.1) is 11.6 Å². The average Bonchev–Trinajstić information content (AvgIpc) is 2.41. The van der Waals surface area contributed by atoms with E-state index >= 15 is 0 Å². The molecule has 0 aliphatic heterocycles. The third kappa shape index (κ3) is 3.54. The van der Waals surface area contributed by atoms with E-state index in [2.05, 4.69) is 5.32 Å². The second-order valence-corrected chi connectivity index (χ2v) is 4.32. The third-order valence-electron chi connectivity index (χ3n) is 2.86. The molecule has 0 aromatic heterocycles. The minimum absolute atomic E-state index is 0.0510. The summed E-state index contributed by atoms with van der Waals surface area (Å²) in [7, 11) is 0. The Balaban J connectivity index is 2.14. The molecule has 5 heteroatoms. The smallest absolute Gasteiger partial charge is 0.307 e. The summed E-state index contributed by atoms with van der Waals surface area (Å²) in [5.41, 5.74) is 1.43. The Labute approximate surface area is 114 Å². The number of carbonyl (C=O) groups is 1. The number of hydrogen-bond acceptors (Lipinski definition) is 2. The van der Waals surface area contributed by atoms with Crippen molar-refractivity contribution in [1.29, 1.82) is 0 Å². The second kappa shape index (κ2) is 6.14. The van der Waals surface area contributed by atoms with Gasteiger partial charge in [0, 0.05) is 6.54 Å². The number of carboxylic acid groups (broad SMARTS) is 1. The van der Waals surface area contributed by atoms with Crippen molar-refractivity contribution in [2.75, 3.05) is 5.32 Å². The first kappa shape index (κ1) is 14.0. The minimum atomic E-state index is -0.936. The van der Waals surface area contributed by atoms with Gasteiger partial charge in [-0.05, 0) is 29.3 Å². The van der Waals surface area contributed by atoms with Gasteiger partial charge >= 0.3 is 5.97 Å². The first-order chi connectivity index (χ1) is 9.56. The fourth-order valence-corrected chi connectivity index (χ4v) is 1.89. The Hall–Kier alpha value is -2.43. The molecule has 0 aliphatic carbocycles. The summed E-state index contributed by atoms with van der Waals surface area (Å²) in [6.07, 6.45) is -0.108. The van der Waals surface area contributed by atoms with Crippen LogP contribution in [-0.2, 0) is 17.8 Å². The van der Waals surface area contributed by atoms with Crippen LogP contribution in [0.5, 0.6) is 0 Å². The van der Waals surface area contributed by atoms with E-state index in [1.807, 2.05) is 0 Å². The number of halogens is 2. The van der Waals surface area contributed by atoms with Crippen molar-refractivity contribution in [3.05, 3.63) is 65.2 Å². The summed E-state index contributed by atoms with van der Waals surface area (Å²) >= 11 is 0. The predicted molar refractivity (Wildman–Crippen MR) is 71.5 cm³/mol. The van der Waals surface area contributed by atoms with E-state index in [0.717, 1.165) is 23.8 Å². The highest BCUT2D eigenvalue weighted by Gasteiger charge is 2.08. The van der Waals surface area contributed by atoms with E-state index in [1.54, 1.807) is 24.3 Å². The maximum absolute atomic E-state index is 13.5. The highest BCUT2D eigenvalue weighted by atomic mass is 19.1. The molecule has 3 nitrogen and oxygen atoms in total. The van der Waals surface area contributed by atoms with Gasteiger partial charge in [-0.2, -0.15) is 0 Å². The number of aliphatic carboxylic acids is 1. The molecule has 0 fully saturated rings. The Bertz CT molecular complexity index is 629. The van der Waals surface area contributed by atoms with E-state index in [-0.39, 0.29) is 18.7 Å². The second-order valence-electron chi connectivity index (χ2n) is 4.32. The first-order valence-corrected chi connectivity index (χ1v) is 6.04. The van der Waals surface area contributed by atoms with Gasteiger partial charge in [-0.3, -0.25) is 4.79 Å². The predicted octanol–water partition coefficient (Wildman–Crippen LogP) is 3.20. The topological polar surface area (TPSA) is 49.3 Å². The monoisotopic (exact) mass is 277 g/mol. The molecule has 0 spiro atoms. The quantitative estimate of drug-likeness (QED) is 0.882. The number of anilines is 1. The number of carboxylic acids is 1. The number of benzene rings is 2. The zero-order valence-corrected chi connectivity index (χ0v) is 10.6. The van der Waals surface area contributed by atoms with E-state index < -0.39 is 17.6 Å². The molecule has 0 radical (unpaired) electrons. The van der Waals surface area contributed by atoms with Crippen molar-refractivity contribution in [1.82, 2.24) is 0 Å². The van der Waals surface area contributed by atoms with E-state index in [0.29, 0.717) is 5.56 Å². The first-order valence-electron chi connectivity index (χ1n) is 6.04. The van der Waals surface area contributed by atoms with Crippen LogP contribution in [0.2, 0.25) is 0 Å². The van der Waals surface area contributed by atoms with Crippen LogP contribution in [0.1, 0.15) is 11.1 Å². The molecule has 0 heterocycles. The Kier molecular flexibility index (Phi) is 4.30. The SMILES string of the molecule is O=C(O)Cc1ccccc1CNc1cc(F)ccc1F. The molecule has 2 N–H and O–H groups in total. The zero-order chi connectivity index (χ0) is 14.5. The lowest BCUT2D eigenvalue weighted by molar-refractivity contribution is -0.136. The maximum atomic E-state index is 13.5. The van der Waals surface area contributed by atoms with Gasteiger partial charge in [-0.1, -0.05) is 24.3 Å². The highest BCUT2D eigenvalue weighted by Crippen LogP contribution is 2.18. The number of nitrogens with one attached hydrogen (secondary N) is 1. The third-order valence-corrected chi connectivity index (χ3v) is 2.86. The van der Waals surface area contributed by atoms with Crippen LogP contribution in [0.3, 0.4) is 0 Å². The molecule has 104 valence electrons. The fraction of sp³-hybridized carbons (Fsp3) is 0.133. The molecule has 2 rings (SSSR count). The van der Waals surface area contributed by atoms with Gasteiger partial charge in [0.2, 0.25) is 0 Å². The van der Waals surface area contributed by atoms with Crippen molar-refractivity contribution in [2.45, 2.75) is 13.0 Å². The van der Waals surface area contributed by atoms with Gasteiger partial charge in [0.1, 0.15) is 11.6 Å². The lowest BCUT2D eigenvalue weighted by Gasteiger charge is -2.11. The summed E-state index contributed by atoms with van der Waals surface area (Å²) in [6, 6.07) is 10.1. The Morgan fingerprint density at radius 1 is 1.10 bits per heavy atom. The lowest BCUT2D eigenvalue weighted by atomic mass is 10.0. The average molecular weight is 277 g/mol. The summed E-state index contributed by atoms with van der Waals surface area (Å²) in [6.45, 7) is 0.226. The summed E-state index contributed by atoms with van der Waals surface area (Å²) in [5, 5.41) is 11.6. The van der Waals surface area contributed by atoms with Crippen LogP contribution in [0.15, 0.2) is 42.5 Å². The maximum Gasteiger partial charge on any atom is 0.307 e. The molecule has 0 bridgehead atoms. The van der Waals surface area contributed by atoms with Crippen molar-refractivity contribution in [2.24, 2.45) is 0 Å². The van der Waals surface area contributed by atoms with E-state index in [9.17, 15) is 13.6 Å². The van der Waals surface area contributed by atoms with Crippen molar-refractivity contribution >= 4 is 11.7 Å². The van der Waals surface area contributed by atoms with Crippen LogP contribution >= 0.6 is 0 Å². The van der Waals surface area contributed by atoms with Crippen LogP contribution in [0.25, 0.3) is 0 Å². The number of rotatable bonds is 5. The molecule has 0 amide bonds. The van der Waals surface area contributed by atoms with Gasteiger partial charge in [-0.25, -0.2) is 8.78 Å². The van der Waals surface area contributed by atoms with Gasteiger partial charge in [0.05, 0.1) is 12.1 Å². The van der Waals surface area contributed by atoms with Crippen LogP contribution in [0.4, 0.5) is 14.5 Å². The molecule has 0 unspecified atom stereocenters. The zero-order valence-electron chi connectivity index (χ0n) is 10.6. The van der Waals surface area contributed by atoms with Crippen LogP contribution in [-0.4, -0.2) is 11.1 Å². The molecule has 0 aliphatic rings. The van der Waals surface area contributed by atoms with E-state index in [1.165, 1.54) is 0 Å². The molecule has 0 atom stereocenters. The fourth-order valence-electron chi connectivity index (χ4n) is 1.89. The summed E-state index contributed by atoms with van der Waals surface area (Å²) in [5.74, 6) is -2.02. The largest absolute Gasteiger partial charge is 0.481 e. The number of hydrogen-bond donors (Lipinski definition) is 2. The van der Waals surface area contributed by atoms with E-state index in [4.69, 9.17) is 5.11 Å².